The van der Waals surface area contributed by atoms with E-state index in [1.54, 1.807) is 0 Å². The molecule has 0 aliphatic heterocycles. The summed E-state index contributed by atoms with van der Waals surface area (Å²) in [6.45, 7) is 6.77. The number of ether oxygens (including phenoxy) is 1. The average molecular weight is 286 g/mol. The molecule has 0 amide bonds. The van der Waals surface area contributed by atoms with E-state index in [0.29, 0.717) is 12.0 Å². The monoisotopic (exact) mass is 286 g/mol. The van der Waals surface area contributed by atoms with Crippen LogP contribution in [0.5, 0.6) is 5.75 Å². The van der Waals surface area contributed by atoms with Gasteiger partial charge in [0, 0.05) is 10.8 Å². The minimum Gasteiger partial charge on any atom is -0.490 e. The van der Waals surface area contributed by atoms with Crippen molar-refractivity contribution in [2.45, 2.75) is 64.6 Å². The summed E-state index contributed by atoms with van der Waals surface area (Å²) < 4.78 is 5.83. The van der Waals surface area contributed by atoms with Crippen LogP contribution in [0.25, 0.3) is 0 Å². The van der Waals surface area contributed by atoms with Gasteiger partial charge in [-0.15, -0.1) is 0 Å². The molecule has 3 aliphatic carbocycles. The van der Waals surface area contributed by atoms with Gasteiger partial charge in [-0.1, -0.05) is 32.9 Å². The first-order chi connectivity index (χ1) is 9.87. The van der Waals surface area contributed by atoms with E-state index in [1.165, 1.54) is 19.3 Å². The quantitative estimate of drug-likeness (QED) is 0.899. The molecule has 2 nitrogen and oxygen atoms in total. The zero-order chi connectivity index (χ0) is 14.9. The zero-order valence-corrected chi connectivity index (χ0v) is 13.4. The van der Waals surface area contributed by atoms with Gasteiger partial charge in [0.25, 0.3) is 0 Å². The molecule has 0 saturated heterocycles. The lowest BCUT2D eigenvalue weighted by molar-refractivity contribution is -0.150. The van der Waals surface area contributed by atoms with Crippen LogP contribution in [-0.4, -0.2) is 11.2 Å². The van der Waals surface area contributed by atoms with E-state index in [0.717, 1.165) is 24.2 Å². The molecule has 1 aromatic carbocycles. The first-order valence-corrected chi connectivity index (χ1v) is 8.36. The molecule has 2 heteroatoms. The Balaban J connectivity index is 1.70. The second-order valence-corrected chi connectivity index (χ2v) is 8.27. The largest absolute Gasteiger partial charge is 0.490 e. The lowest BCUT2D eigenvalue weighted by Gasteiger charge is -2.51. The van der Waals surface area contributed by atoms with E-state index in [2.05, 4.69) is 32.9 Å². The summed E-state index contributed by atoms with van der Waals surface area (Å²) in [4.78, 5) is 0. The highest BCUT2D eigenvalue weighted by Crippen LogP contribution is 2.71. The topological polar surface area (TPSA) is 29.5 Å². The Kier molecular flexibility index (Phi) is 2.62. The maximum Gasteiger partial charge on any atom is 0.119 e. The molecule has 3 saturated carbocycles. The Morgan fingerprint density at radius 3 is 2.24 bits per heavy atom. The predicted octanol–water partition coefficient (Wildman–Crippen LogP) is 4.26. The van der Waals surface area contributed by atoms with Crippen LogP contribution in [-0.2, 0) is 5.60 Å². The molecule has 1 N–H and O–H groups in total. The summed E-state index contributed by atoms with van der Waals surface area (Å²) in [5, 5.41) is 11.7. The summed E-state index contributed by atoms with van der Waals surface area (Å²) in [7, 11) is 0. The normalized spacial score (nSPS) is 40.5. The second-order valence-electron chi connectivity index (χ2n) is 8.27. The van der Waals surface area contributed by atoms with Crippen molar-refractivity contribution in [3.63, 3.8) is 0 Å². The molecule has 0 aromatic heterocycles. The van der Waals surface area contributed by atoms with E-state index in [4.69, 9.17) is 4.74 Å². The third kappa shape index (κ3) is 1.69. The van der Waals surface area contributed by atoms with Gasteiger partial charge in [0.15, 0.2) is 0 Å². The summed E-state index contributed by atoms with van der Waals surface area (Å²) in [6.07, 6.45) is 6.33. The minimum atomic E-state index is -0.721. The molecule has 3 unspecified atom stereocenters. The number of benzene rings is 1. The Morgan fingerprint density at radius 2 is 1.71 bits per heavy atom. The van der Waals surface area contributed by atoms with Crippen LogP contribution in [0.15, 0.2) is 24.3 Å². The van der Waals surface area contributed by atoms with E-state index >= 15 is 0 Å². The fourth-order valence-corrected chi connectivity index (χ4v) is 5.13. The smallest absolute Gasteiger partial charge is 0.119 e. The standard InChI is InChI=1S/C19H26O2/c1-17(2)14-10-11-18(3,12-14)19(17,20)13-4-6-15(7-5-13)21-16-8-9-16/h4-7,14,16,20H,8-12H2,1-3H3. The fraction of sp³-hybridized carbons (Fsp3) is 0.684. The Hall–Kier alpha value is -1.02. The third-order valence-corrected chi connectivity index (χ3v) is 6.67. The highest BCUT2D eigenvalue weighted by Gasteiger charge is 2.68. The van der Waals surface area contributed by atoms with Gasteiger partial charge in [-0.3, -0.25) is 0 Å². The molecule has 114 valence electrons. The Bertz CT molecular complexity index is 551. The van der Waals surface area contributed by atoms with Gasteiger partial charge in [-0.25, -0.2) is 0 Å². The van der Waals surface area contributed by atoms with Gasteiger partial charge in [-0.05, 0) is 55.7 Å². The first kappa shape index (κ1) is 13.6. The molecule has 3 fully saturated rings. The van der Waals surface area contributed by atoms with Crippen LogP contribution >= 0.6 is 0 Å². The number of rotatable bonds is 3. The molecular formula is C19H26O2. The number of aliphatic hydroxyl groups is 1. The highest BCUT2D eigenvalue weighted by molar-refractivity contribution is 5.37. The molecule has 21 heavy (non-hydrogen) atoms. The maximum absolute atomic E-state index is 11.7. The van der Waals surface area contributed by atoms with Crippen LogP contribution in [0.2, 0.25) is 0 Å². The van der Waals surface area contributed by atoms with E-state index in [-0.39, 0.29) is 10.8 Å². The van der Waals surface area contributed by atoms with Crippen molar-refractivity contribution in [3.05, 3.63) is 29.8 Å². The third-order valence-electron chi connectivity index (χ3n) is 6.67. The van der Waals surface area contributed by atoms with Crippen molar-refractivity contribution in [1.82, 2.24) is 0 Å². The molecule has 0 radical (unpaired) electrons. The van der Waals surface area contributed by atoms with Crippen molar-refractivity contribution in [3.8, 4) is 5.75 Å². The fourth-order valence-electron chi connectivity index (χ4n) is 5.13. The van der Waals surface area contributed by atoms with E-state index in [1.807, 2.05) is 12.1 Å². The van der Waals surface area contributed by atoms with Crippen molar-refractivity contribution < 1.29 is 9.84 Å². The summed E-state index contributed by atoms with van der Waals surface area (Å²) >= 11 is 0. The molecule has 3 atom stereocenters. The van der Waals surface area contributed by atoms with Gasteiger partial charge in [-0.2, -0.15) is 0 Å². The van der Waals surface area contributed by atoms with Crippen molar-refractivity contribution in [1.29, 1.82) is 0 Å². The minimum absolute atomic E-state index is 0.0139. The summed E-state index contributed by atoms with van der Waals surface area (Å²) in [5.74, 6) is 1.57. The Labute approximate surface area is 127 Å². The second kappa shape index (κ2) is 4.04. The molecule has 0 spiro atoms. The summed E-state index contributed by atoms with van der Waals surface area (Å²) in [5.41, 5.74) is 0.306. The SMILES string of the molecule is CC12CCC(C1)C(C)(C)C2(O)c1ccc(OC2CC2)cc1. The average Bonchev–Trinajstić information content (AvgIpc) is 3.13. The van der Waals surface area contributed by atoms with Crippen molar-refractivity contribution in [2.24, 2.45) is 16.7 Å². The van der Waals surface area contributed by atoms with Gasteiger partial charge >= 0.3 is 0 Å². The number of hydrogen-bond donors (Lipinski definition) is 1. The van der Waals surface area contributed by atoms with Crippen molar-refractivity contribution >= 4 is 0 Å². The molecule has 1 aromatic rings. The van der Waals surface area contributed by atoms with Crippen LogP contribution in [0.1, 0.15) is 58.4 Å². The molecule has 2 bridgehead atoms. The highest BCUT2D eigenvalue weighted by atomic mass is 16.5. The van der Waals surface area contributed by atoms with Gasteiger partial charge in [0.05, 0.1) is 6.10 Å². The Morgan fingerprint density at radius 1 is 1.05 bits per heavy atom. The van der Waals surface area contributed by atoms with Crippen molar-refractivity contribution in [2.75, 3.05) is 0 Å². The van der Waals surface area contributed by atoms with Gasteiger partial charge in [0.2, 0.25) is 0 Å². The maximum atomic E-state index is 11.7. The first-order valence-electron chi connectivity index (χ1n) is 8.36. The molecular weight excluding hydrogens is 260 g/mol. The molecule has 4 rings (SSSR count). The predicted molar refractivity (Wildman–Crippen MR) is 83.2 cm³/mol. The number of fused-ring (bicyclic) bond motifs is 2. The van der Waals surface area contributed by atoms with Gasteiger partial charge in [0.1, 0.15) is 11.4 Å². The van der Waals surface area contributed by atoms with E-state index < -0.39 is 5.60 Å². The van der Waals surface area contributed by atoms with Crippen LogP contribution < -0.4 is 4.74 Å². The number of hydrogen-bond acceptors (Lipinski definition) is 2. The van der Waals surface area contributed by atoms with Crippen LogP contribution in [0, 0.1) is 16.7 Å². The van der Waals surface area contributed by atoms with E-state index in [9.17, 15) is 5.11 Å². The lowest BCUT2D eigenvalue weighted by atomic mass is 9.58. The zero-order valence-electron chi connectivity index (χ0n) is 13.4. The van der Waals surface area contributed by atoms with Crippen LogP contribution in [0.4, 0.5) is 0 Å². The summed E-state index contributed by atoms with van der Waals surface area (Å²) in [6, 6.07) is 8.25. The molecule has 3 aliphatic rings. The lowest BCUT2D eigenvalue weighted by Crippen LogP contribution is -2.51. The van der Waals surface area contributed by atoms with Gasteiger partial charge < -0.3 is 9.84 Å². The molecule has 0 heterocycles. The van der Waals surface area contributed by atoms with Crippen LogP contribution in [0.3, 0.4) is 0 Å².